The van der Waals surface area contributed by atoms with Crippen molar-refractivity contribution in [1.29, 1.82) is 0 Å². The SMILES string of the molecule is CCOc1ccc(OC(C)C(=O)NNC(=O)C(NC(=O)CC(C)C)c2ccccc2)cc1. The minimum Gasteiger partial charge on any atom is -0.494 e. The highest BCUT2D eigenvalue weighted by molar-refractivity contribution is 5.90. The normalized spacial score (nSPS) is 12.4. The third-order valence-electron chi connectivity index (χ3n) is 4.42. The van der Waals surface area contributed by atoms with E-state index in [1.165, 1.54) is 0 Å². The molecular formula is C24H31N3O5. The number of rotatable bonds is 10. The summed E-state index contributed by atoms with van der Waals surface area (Å²) in [6.45, 7) is 7.85. The maximum atomic E-state index is 12.8. The lowest BCUT2D eigenvalue weighted by Crippen LogP contribution is -2.51. The van der Waals surface area contributed by atoms with E-state index >= 15 is 0 Å². The van der Waals surface area contributed by atoms with Crippen LogP contribution in [-0.2, 0) is 14.4 Å². The van der Waals surface area contributed by atoms with Crippen LogP contribution in [0.2, 0.25) is 0 Å². The molecule has 32 heavy (non-hydrogen) atoms. The molecule has 2 rings (SSSR count). The Balaban J connectivity index is 1.95. The van der Waals surface area contributed by atoms with E-state index in [0.29, 0.717) is 23.7 Å². The lowest BCUT2D eigenvalue weighted by Gasteiger charge is -2.21. The van der Waals surface area contributed by atoms with Crippen LogP contribution in [0.15, 0.2) is 54.6 Å². The Bertz CT molecular complexity index is 884. The summed E-state index contributed by atoms with van der Waals surface area (Å²) in [5, 5.41) is 2.73. The fourth-order valence-electron chi connectivity index (χ4n) is 2.87. The van der Waals surface area contributed by atoms with E-state index < -0.39 is 24.0 Å². The van der Waals surface area contributed by atoms with Crippen molar-refractivity contribution in [3.05, 3.63) is 60.2 Å². The topological polar surface area (TPSA) is 106 Å². The molecule has 172 valence electrons. The smallest absolute Gasteiger partial charge is 0.279 e. The molecule has 2 aromatic rings. The van der Waals surface area contributed by atoms with E-state index in [1.54, 1.807) is 55.5 Å². The van der Waals surface area contributed by atoms with Gasteiger partial charge in [-0.15, -0.1) is 0 Å². The second-order valence-electron chi connectivity index (χ2n) is 7.65. The van der Waals surface area contributed by atoms with E-state index in [2.05, 4.69) is 16.2 Å². The van der Waals surface area contributed by atoms with Crippen LogP contribution in [0.5, 0.6) is 11.5 Å². The van der Waals surface area contributed by atoms with Crippen molar-refractivity contribution < 1.29 is 23.9 Å². The van der Waals surface area contributed by atoms with Crippen molar-refractivity contribution in [2.45, 2.75) is 46.3 Å². The molecule has 0 saturated carbocycles. The summed E-state index contributed by atoms with van der Waals surface area (Å²) in [5.41, 5.74) is 5.34. The fraction of sp³-hybridized carbons (Fsp3) is 0.375. The van der Waals surface area contributed by atoms with E-state index in [9.17, 15) is 14.4 Å². The van der Waals surface area contributed by atoms with Crippen molar-refractivity contribution in [2.24, 2.45) is 5.92 Å². The first kappa shape index (κ1) is 24.7. The summed E-state index contributed by atoms with van der Waals surface area (Å²) in [7, 11) is 0. The lowest BCUT2D eigenvalue weighted by atomic mass is 10.0. The van der Waals surface area contributed by atoms with Gasteiger partial charge < -0.3 is 14.8 Å². The molecule has 0 aromatic heterocycles. The molecular weight excluding hydrogens is 410 g/mol. The van der Waals surface area contributed by atoms with Crippen molar-refractivity contribution >= 4 is 17.7 Å². The van der Waals surface area contributed by atoms with Gasteiger partial charge in [-0.25, -0.2) is 0 Å². The predicted molar refractivity (Wildman–Crippen MR) is 121 cm³/mol. The Hall–Kier alpha value is -3.55. The average Bonchev–Trinajstić information content (AvgIpc) is 2.77. The first-order valence-electron chi connectivity index (χ1n) is 10.6. The Labute approximate surface area is 188 Å². The number of carbonyl (C=O) groups is 3. The molecule has 0 spiro atoms. The third-order valence-corrected chi connectivity index (χ3v) is 4.42. The van der Waals surface area contributed by atoms with Gasteiger partial charge in [-0.1, -0.05) is 44.2 Å². The molecule has 3 amide bonds. The maximum Gasteiger partial charge on any atom is 0.279 e. The van der Waals surface area contributed by atoms with Crippen molar-refractivity contribution in [3.8, 4) is 11.5 Å². The quantitative estimate of drug-likeness (QED) is 0.492. The van der Waals surface area contributed by atoms with E-state index in [-0.39, 0.29) is 18.2 Å². The minimum absolute atomic E-state index is 0.148. The zero-order valence-electron chi connectivity index (χ0n) is 18.9. The predicted octanol–water partition coefficient (Wildman–Crippen LogP) is 2.90. The molecule has 0 fully saturated rings. The summed E-state index contributed by atoms with van der Waals surface area (Å²) < 4.78 is 11.0. The Kier molecular flexibility index (Phi) is 9.53. The Morgan fingerprint density at radius 3 is 2.03 bits per heavy atom. The monoisotopic (exact) mass is 441 g/mol. The van der Waals surface area contributed by atoms with Gasteiger partial charge in [0.15, 0.2) is 6.10 Å². The number of hydrazine groups is 1. The van der Waals surface area contributed by atoms with Crippen LogP contribution in [0.1, 0.15) is 45.7 Å². The zero-order chi connectivity index (χ0) is 23.5. The van der Waals surface area contributed by atoms with Gasteiger partial charge in [0.05, 0.1) is 6.61 Å². The minimum atomic E-state index is -0.940. The molecule has 3 N–H and O–H groups in total. The van der Waals surface area contributed by atoms with Gasteiger partial charge in [0.1, 0.15) is 17.5 Å². The highest BCUT2D eigenvalue weighted by Gasteiger charge is 2.24. The molecule has 0 aliphatic rings. The van der Waals surface area contributed by atoms with Gasteiger partial charge in [-0.3, -0.25) is 25.2 Å². The van der Waals surface area contributed by atoms with Crippen LogP contribution in [0.3, 0.4) is 0 Å². The molecule has 0 aliphatic heterocycles. The fourth-order valence-corrected chi connectivity index (χ4v) is 2.87. The number of carbonyl (C=O) groups excluding carboxylic acids is 3. The second-order valence-corrected chi connectivity index (χ2v) is 7.65. The Morgan fingerprint density at radius 1 is 0.844 bits per heavy atom. The van der Waals surface area contributed by atoms with Gasteiger partial charge in [0.25, 0.3) is 11.8 Å². The van der Waals surface area contributed by atoms with Crippen LogP contribution < -0.4 is 25.6 Å². The van der Waals surface area contributed by atoms with Gasteiger partial charge in [0.2, 0.25) is 5.91 Å². The van der Waals surface area contributed by atoms with Crippen LogP contribution in [0, 0.1) is 5.92 Å². The molecule has 0 aliphatic carbocycles. The molecule has 0 saturated heterocycles. The lowest BCUT2D eigenvalue weighted by molar-refractivity contribution is -0.134. The molecule has 8 nitrogen and oxygen atoms in total. The summed E-state index contributed by atoms with van der Waals surface area (Å²) >= 11 is 0. The van der Waals surface area contributed by atoms with Crippen LogP contribution in [0.25, 0.3) is 0 Å². The highest BCUT2D eigenvalue weighted by Crippen LogP contribution is 2.18. The van der Waals surface area contributed by atoms with Gasteiger partial charge in [-0.05, 0) is 49.6 Å². The number of nitrogens with one attached hydrogen (secondary N) is 3. The average molecular weight is 442 g/mol. The highest BCUT2D eigenvalue weighted by atomic mass is 16.5. The van der Waals surface area contributed by atoms with E-state index in [0.717, 1.165) is 0 Å². The third kappa shape index (κ3) is 7.94. The summed E-state index contributed by atoms with van der Waals surface area (Å²) in [6.07, 6.45) is -0.574. The van der Waals surface area contributed by atoms with E-state index in [1.807, 2.05) is 26.8 Å². The number of hydrogen-bond donors (Lipinski definition) is 3. The van der Waals surface area contributed by atoms with Gasteiger partial charge in [-0.2, -0.15) is 0 Å². The maximum absolute atomic E-state index is 12.8. The summed E-state index contributed by atoms with van der Waals surface area (Å²) in [5.74, 6) is 0.000944. The van der Waals surface area contributed by atoms with Crippen LogP contribution >= 0.6 is 0 Å². The molecule has 0 bridgehead atoms. The van der Waals surface area contributed by atoms with Gasteiger partial charge >= 0.3 is 0 Å². The zero-order valence-corrected chi connectivity index (χ0v) is 18.9. The second kappa shape index (κ2) is 12.3. The molecule has 2 atom stereocenters. The summed E-state index contributed by atoms with van der Waals surface area (Å²) in [6, 6.07) is 14.8. The molecule has 0 radical (unpaired) electrons. The largest absolute Gasteiger partial charge is 0.494 e. The molecule has 0 heterocycles. The van der Waals surface area contributed by atoms with Crippen LogP contribution in [0.4, 0.5) is 0 Å². The van der Waals surface area contributed by atoms with Crippen molar-refractivity contribution in [2.75, 3.05) is 6.61 Å². The number of benzene rings is 2. The number of ether oxygens (including phenoxy) is 2. The first-order chi connectivity index (χ1) is 15.3. The number of hydrogen-bond acceptors (Lipinski definition) is 5. The first-order valence-corrected chi connectivity index (χ1v) is 10.6. The Morgan fingerprint density at radius 2 is 1.44 bits per heavy atom. The van der Waals surface area contributed by atoms with Crippen molar-refractivity contribution in [3.63, 3.8) is 0 Å². The standard InChI is InChI=1S/C24H31N3O5/c1-5-31-19-11-13-20(14-12-19)32-17(4)23(29)26-27-24(30)22(18-9-7-6-8-10-18)25-21(28)15-16(2)3/h6-14,16-17,22H,5,15H2,1-4H3,(H,25,28)(H,26,29)(H,27,30). The van der Waals surface area contributed by atoms with E-state index in [4.69, 9.17) is 9.47 Å². The van der Waals surface area contributed by atoms with Crippen molar-refractivity contribution in [1.82, 2.24) is 16.2 Å². The molecule has 2 unspecified atom stereocenters. The van der Waals surface area contributed by atoms with Gasteiger partial charge in [0, 0.05) is 6.42 Å². The number of amides is 3. The van der Waals surface area contributed by atoms with Crippen LogP contribution in [-0.4, -0.2) is 30.4 Å². The summed E-state index contributed by atoms with van der Waals surface area (Å²) in [4.78, 5) is 37.4. The molecule has 8 heteroatoms. The molecule has 2 aromatic carbocycles.